The van der Waals surface area contributed by atoms with Gasteiger partial charge in [0.2, 0.25) is 5.95 Å². The molecule has 0 bridgehead atoms. The maximum atomic E-state index is 5.78. The number of benzene rings is 1. The number of anilines is 3. The average molecular weight is 523 g/mol. The minimum absolute atomic E-state index is 0.00624. The maximum absolute atomic E-state index is 5.78. The molecule has 8 heteroatoms. The highest BCUT2D eigenvalue weighted by Gasteiger charge is 2.34. The molecule has 0 aliphatic carbocycles. The Labute approximate surface area is 227 Å². The first-order valence-corrected chi connectivity index (χ1v) is 14.5. The second-order valence-corrected chi connectivity index (χ2v) is 11.6. The summed E-state index contributed by atoms with van der Waals surface area (Å²) in [5.74, 6) is 3.27. The number of nitrogens with zero attached hydrogens (tertiary/aromatic N) is 4. The third-order valence-corrected chi connectivity index (χ3v) is 8.67. The monoisotopic (exact) mass is 522 g/mol. The molecule has 37 heavy (non-hydrogen) atoms. The van der Waals surface area contributed by atoms with Crippen LogP contribution >= 0.6 is 12.2 Å². The Balaban J connectivity index is 1.34. The number of piperidine rings is 2. The molecule has 1 aromatic heterocycles. The largest absolute Gasteiger partial charge is 0.381 e. The van der Waals surface area contributed by atoms with Crippen LogP contribution in [0.2, 0.25) is 0 Å². The van der Waals surface area contributed by atoms with Crippen LogP contribution in [0.3, 0.4) is 0 Å². The van der Waals surface area contributed by atoms with Gasteiger partial charge in [-0.25, -0.2) is 0 Å². The predicted octanol–water partition coefficient (Wildman–Crippen LogP) is 5.13. The van der Waals surface area contributed by atoms with Crippen molar-refractivity contribution in [2.45, 2.75) is 70.3 Å². The van der Waals surface area contributed by atoms with Crippen molar-refractivity contribution in [3.63, 3.8) is 0 Å². The molecule has 3 fully saturated rings. The summed E-state index contributed by atoms with van der Waals surface area (Å²) < 4.78 is 5.70. The van der Waals surface area contributed by atoms with Gasteiger partial charge in [0.1, 0.15) is 11.6 Å². The maximum Gasteiger partial charge on any atom is 0.232 e. The quantitative estimate of drug-likeness (QED) is 0.507. The van der Waals surface area contributed by atoms with E-state index in [0.29, 0.717) is 23.0 Å². The third kappa shape index (κ3) is 6.34. The van der Waals surface area contributed by atoms with Gasteiger partial charge in [-0.05, 0) is 75.6 Å². The van der Waals surface area contributed by atoms with Crippen LogP contribution in [0.4, 0.5) is 17.6 Å². The standard InChI is InChI=1S/C29H42N6OS/c1-22-9-8-15-34(20-22)25-19-26(35-16-7-6-10-23(35)2)32-27(31-25)33-28(37)30-21-29(13-17-36-18-14-29)24-11-4-3-5-12-24/h3-5,11-12,19,22-23H,6-10,13-18,20-21H2,1-2H3,(H2,30,31,32,33,37). The van der Waals surface area contributed by atoms with Gasteiger partial charge in [-0.15, -0.1) is 0 Å². The van der Waals surface area contributed by atoms with E-state index in [4.69, 9.17) is 26.9 Å². The molecule has 3 aliphatic heterocycles. The SMILES string of the molecule is CC1CCCN(c2cc(N3CCCCC3C)nc(NC(=S)NCC3(c4ccccc4)CCOCC3)n2)C1. The zero-order chi connectivity index (χ0) is 25.7. The Bertz CT molecular complexity index is 1040. The summed E-state index contributed by atoms with van der Waals surface area (Å²) in [4.78, 5) is 14.8. The van der Waals surface area contributed by atoms with Crippen molar-refractivity contribution in [1.29, 1.82) is 0 Å². The molecule has 0 spiro atoms. The fourth-order valence-corrected chi connectivity index (χ4v) is 6.30. The molecule has 4 heterocycles. The molecular formula is C29H42N6OS. The van der Waals surface area contributed by atoms with Crippen LogP contribution in [0, 0.1) is 5.92 Å². The molecule has 0 radical (unpaired) electrons. The minimum Gasteiger partial charge on any atom is -0.381 e. The first kappa shape index (κ1) is 26.2. The van der Waals surface area contributed by atoms with E-state index in [-0.39, 0.29) is 5.41 Å². The van der Waals surface area contributed by atoms with E-state index in [1.165, 1.54) is 37.7 Å². The highest BCUT2D eigenvalue weighted by atomic mass is 32.1. The molecule has 2 unspecified atom stereocenters. The zero-order valence-corrected chi connectivity index (χ0v) is 23.2. The number of thiocarbonyl (C=S) groups is 1. The van der Waals surface area contributed by atoms with Gasteiger partial charge in [-0.3, -0.25) is 0 Å². The van der Waals surface area contributed by atoms with Crippen LogP contribution < -0.4 is 20.4 Å². The van der Waals surface area contributed by atoms with Gasteiger partial charge in [0.05, 0.1) is 0 Å². The van der Waals surface area contributed by atoms with Crippen LogP contribution in [0.15, 0.2) is 36.4 Å². The van der Waals surface area contributed by atoms with Crippen molar-refractivity contribution >= 4 is 34.9 Å². The third-order valence-electron chi connectivity index (χ3n) is 8.43. The van der Waals surface area contributed by atoms with Crippen molar-refractivity contribution in [3.05, 3.63) is 42.0 Å². The van der Waals surface area contributed by atoms with E-state index in [1.807, 2.05) is 0 Å². The van der Waals surface area contributed by atoms with Gasteiger partial charge in [0.25, 0.3) is 0 Å². The Morgan fingerprint density at radius 3 is 2.57 bits per heavy atom. The summed E-state index contributed by atoms with van der Waals surface area (Å²) in [7, 11) is 0. The van der Waals surface area contributed by atoms with Crippen LogP contribution in [-0.4, -0.2) is 60.5 Å². The average Bonchev–Trinajstić information content (AvgIpc) is 2.93. The first-order chi connectivity index (χ1) is 18.0. The Hall–Kier alpha value is -2.45. The molecule has 0 amide bonds. The number of aromatic nitrogens is 2. The van der Waals surface area contributed by atoms with Crippen molar-refractivity contribution in [2.75, 3.05) is 54.5 Å². The second kappa shape index (κ2) is 11.9. The first-order valence-electron chi connectivity index (χ1n) is 14.1. The fraction of sp³-hybridized carbons (Fsp3) is 0.621. The van der Waals surface area contributed by atoms with Gasteiger partial charge in [-0.1, -0.05) is 37.3 Å². The second-order valence-electron chi connectivity index (χ2n) is 11.2. The van der Waals surface area contributed by atoms with E-state index < -0.39 is 0 Å². The molecule has 5 rings (SSSR count). The summed E-state index contributed by atoms with van der Waals surface area (Å²) in [6.07, 6.45) is 8.13. The minimum atomic E-state index is 0.00624. The summed E-state index contributed by atoms with van der Waals surface area (Å²) in [6, 6.07) is 13.4. The molecule has 2 atom stereocenters. The summed E-state index contributed by atoms with van der Waals surface area (Å²) in [5.41, 5.74) is 1.35. The summed E-state index contributed by atoms with van der Waals surface area (Å²) >= 11 is 5.78. The molecule has 7 nitrogen and oxygen atoms in total. The van der Waals surface area contributed by atoms with Crippen LogP contribution in [0.5, 0.6) is 0 Å². The highest BCUT2D eigenvalue weighted by Crippen LogP contribution is 2.34. The summed E-state index contributed by atoms with van der Waals surface area (Å²) in [5, 5.41) is 7.43. The Morgan fingerprint density at radius 2 is 1.81 bits per heavy atom. The van der Waals surface area contributed by atoms with E-state index in [2.05, 4.69) is 70.7 Å². The Kier molecular flexibility index (Phi) is 8.45. The zero-order valence-electron chi connectivity index (χ0n) is 22.4. The molecule has 200 valence electrons. The smallest absolute Gasteiger partial charge is 0.232 e. The van der Waals surface area contributed by atoms with E-state index in [0.717, 1.165) is 63.9 Å². The molecule has 1 aromatic carbocycles. The van der Waals surface area contributed by atoms with Crippen molar-refractivity contribution in [3.8, 4) is 0 Å². The lowest BCUT2D eigenvalue weighted by molar-refractivity contribution is 0.0515. The van der Waals surface area contributed by atoms with Crippen molar-refractivity contribution in [1.82, 2.24) is 15.3 Å². The van der Waals surface area contributed by atoms with Gasteiger partial charge in [0, 0.05) is 56.9 Å². The number of ether oxygens (including phenoxy) is 1. The molecule has 2 N–H and O–H groups in total. The number of rotatable bonds is 6. The topological polar surface area (TPSA) is 65.5 Å². The Morgan fingerprint density at radius 1 is 1.03 bits per heavy atom. The molecule has 0 saturated carbocycles. The van der Waals surface area contributed by atoms with E-state index in [9.17, 15) is 0 Å². The number of hydrogen-bond donors (Lipinski definition) is 2. The van der Waals surface area contributed by atoms with Crippen LogP contribution in [-0.2, 0) is 10.2 Å². The van der Waals surface area contributed by atoms with Crippen molar-refractivity contribution in [2.24, 2.45) is 5.92 Å². The normalized spacial score (nSPS) is 23.9. The lowest BCUT2D eigenvalue weighted by Crippen LogP contribution is -2.45. The van der Waals surface area contributed by atoms with Crippen molar-refractivity contribution < 1.29 is 4.74 Å². The number of nitrogens with one attached hydrogen (secondary N) is 2. The lowest BCUT2D eigenvalue weighted by atomic mass is 9.74. The molecule has 2 aromatic rings. The van der Waals surface area contributed by atoms with Gasteiger partial charge in [0.15, 0.2) is 5.11 Å². The van der Waals surface area contributed by atoms with E-state index >= 15 is 0 Å². The van der Waals surface area contributed by atoms with Crippen LogP contribution in [0.1, 0.15) is 64.4 Å². The number of hydrogen-bond acceptors (Lipinski definition) is 6. The lowest BCUT2D eigenvalue weighted by Gasteiger charge is -2.38. The molecule has 3 saturated heterocycles. The fourth-order valence-electron chi connectivity index (χ4n) is 6.14. The van der Waals surface area contributed by atoms with Crippen LogP contribution in [0.25, 0.3) is 0 Å². The molecular weight excluding hydrogens is 480 g/mol. The van der Waals surface area contributed by atoms with Gasteiger partial charge < -0.3 is 25.2 Å². The summed E-state index contributed by atoms with van der Waals surface area (Å²) in [6.45, 7) is 10.1. The van der Waals surface area contributed by atoms with Gasteiger partial charge in [-0.2, -0.15) is 9.97 Å². The van der Waals surface area contributed by atoms with Gasteiger partial charge >= 0.3 is 0 Å². The predicted molar refractivity (Wildman–Crippen MR) is 156 cm³/mol. The molecule has 3 aliphatic rings. The van der Waals surface area contributed by atoms with E-state index in [1.54, 1.807) is 0 Å². The highest BCUT2D eigenvalue weighted by molar-refractivity contribution is 7.80.